The largest absolute Gasteiger partial charge is 0.436 e. The molecule has 0 aromatic heterocycles. The summed E-state index contributed by atoms with van der Waals surface area (Å²) in [5.74, 6) is -27.5. The number of rotatable bonds is 3. The molecule has 2 rings (SSSR count). The summed E-state index contributed by atoms with van der Waals surface area (Å²) in [6.45, 7) is 0. The van der Waals surface area contributed by atoms with Gasteiger partial charge in [-0.15, -0.1) is 0 Å². The van der Waals surface area contributed by atoms with Crippen LogP contribution >= 0.6 is 0 Å². The molecule has 0 saturated carbocycles. The Bertz CT molecular complexity index is 1250. The van der Waals surface area contributed by atoms with E-state index in [0.717, 1.165) is 0 Å². The fourth-order valence-corrected chi connectivity index (χ4v) is 2.95. The molecular formula is C18HF18N. The molecule has 2 aromatic carbocycles. The van der Waals surface area contributed by atoms with Gasteiger partial charge in [0, 0.05) is 0 Å². The van der Waals surface area contributed by atoms with E-state index in [1.54, 1.807) is 0 Å². The van der Waals surface area contributed by atoms with Gasteiger partial charge in [0.15, 0.2) is 46.5 Å². The molecule has 1 N–H and O–H groups in total. The minimum atomic E-state index is -7.36. The van der Waals surface area contributed by atoms with Crippen molar-refractivity contribution in [1.82, 2.24) is 0 Å². The molecule has 0 aliphatic heterocycles. The van der Waals surface area contributed by atoms with E-state index in [-0.39, 0.29) is 0 Å². The van der Waals surface area contributed by atoms with Crippen LogP contribution in [0.3, 0.4) is 0 Å². The second-order valence-electron chi connectivity index (χ2n) is 6.66. The van der Waals surface area contributed by atoms with E-state index in [4.69, 9.17) is 5.41 Å². The van der Waals surface area contributed by atoms with Gasteiger partial charge < -0.3 is 0 Å². The summed E-state index contributed by atoms with van der Waals surface area (Å²) in [6, 6.07) is 0. The molecule has 37 heavy (non-hydrogen) atoms. The average Bonchev–Trinajstić information content (AvgIpc) is 2.73. The van der Waals surface area contributed by atoms with Crippen LogP contribution in [0, 0.1) is 51.9 Å². The van der Waals surface area contributed by atoms with E-state index in [1.807, 2.05) is 0 Å². The van der Waals surface area contributed by atoms with E-state index in [1.165, 1.54) is 0 Å². The van der Waals surface area contributed by atoms with Crippen molar-refractivity contribution >= 4 is 11.4 Å². The number of benzene rings is 2. The van der Waals surface area contributed by atoms with Crippen LogP contribution in [0.4, 0.5) is 79.0 Å². The lowest BCUT2D eigenvalue weighted by Gasteiger charge is -2.31. The van der Waals surface area contributed by atoms with E-state index >= 15 is 0 Å². The van der Waals surface area contributed by atoms with Crippen molar-refractivity contribution in [2.24, 2.45) is 0 Å². The maximum absolute atomic E-state index is 14.4. The fraction of sp³-hybridized carbons (Fsp3) is 0.222. The first kappa shape index (κ1) is 29.9. The Morgan fingerprint density at radius 2 is 0.730 bits per heavy atom. The summed E-state index contributed by atoms with van der Waals surface area (Å²) in [5, 5.41) is 6.76. The molecule has 0 fully saturated rings. The lowest BCUT2D eigenvalue weighted by Crippen LogP contribution is -2.52. The third kappa shape index (κ3) is 4.27. The molecule has 19 heteroatoms. The van der Waals surface area contributed by atoms with Crippen molar-refractivity contribution in [3.63, 3.8) is 0 Å². The van der Waals surface area contributed by atoms with Crippen molar-refractivity contribution in [2.75, 3.05) is 0 Å². The van der Waals surface area contributed by atoms with E-state index in [9.17, 15) is 79.0 Å². The Morgan fingerprint density at radius 3 is 0.946 bits per heavy atom. The Balaban J connectivity index is 3.09. The van der Waals surface area contributed by atoms with Crippen molar-refractivity contribution in [3.8, 4) is 0 Å². The van der Waals surface area contributed by atoms with Gasteiger partial charge in [-0.2, -0.15) is 39.5 Å². The van der Waals surface area contributed by atoms with Crippen LogP contribution in [0.1, 0.15) is 22.3 Å². The Morgan fingerprint density at radius 1 is 0.459 bits per heavy atom. The van der Waals surface area contributed by atoms with Crippen LogP contribution in [0.15, 0.2) is 0 Å². The lowest BCUT2D eigenvalue weighted by molar-refractivity contribution is -0.350. The number of hydrogen-bond donors (Lipinski definition) is 1. The van der Waals surface area contributed by atoms with Gasteiger partial charge in [0.05, 0.1) is 22.3 Å². The summed E-state index contributed by atoms with van der Waals surface area (Å²) in [5.41, 5.74) is -22.7. The van der Waals surface area contributed by atoms with Gasteiger partial charge >= 0.3 is 24.2 Å². The topological polar surface area (TPSA) is 23.9 Å². The molecule has 0 spiro atoms. The first-order chi connectivity index (χ1) is 16.5. The van der Waals surface area contributed by atoms with Crippen LogP contribution in [0.5, 0.6) is 0 Å². The van der Waals surface area contributed by atoms with Crippen LogP contribution in [0.2, 0.25) is 0 Å². The molecule has 0 aliphatic rings. The summed E-state index contributed by atoms with van der Waals surface area (Å²) in [4.78, 5) is 0. The molecule has 204 valence electrons. The van der Waals surface area contributed by atoms with Crippen LogP contribution in [0.25, 0.3) is 5.57 Å². The summed E-state index contributed by atoms with van der Waals surface area (Å²) < 4.78 is 242. The number of hydrogen-bond acceptors (Lipinski definition) is 1. The molecule has 0 amide bonds. The highest BCUT2D eigenvalue weighted by Crippen LogP contribution is 2.55. The van der Waals surface area contributed by atoms with Crippen LogP contribution < -0.4 is 0 Å². The standard InChI is InChI=1S/C18HF18N/c19-7-3(2(1-37)4-9(21)13(25)6(16(28,29)30)14(26)10(4)22)8(20)12(24)5(11(7)23)15(27,17(31,32)33)18(34,35)36/h37H. The van der Waals surface area contributed by atoms with Gasteiger partial charge in [-0.25, -0.2) is 39.5 Å². The zero-order valence-corrected chi connectivity index (χ0v) is 16.3. The van der Waals surface area contributed by atoms with Crippen molar-refractivity contribution in [3.05, 3.63) is 68.8 Å². The Labute approximate surface area is 190 Å². The quantitative estimate of drug-likeness (QED) is 0.220. The van der Waals surface area contributed by atoms with Crippen molar-refractivity contribution in [2.45, 2.75) is 24.2 Å². The lowest BCUT2D eigenvalue weighted by atomic mass is 9.88. The second kappa shape index (κ2) is 8.88. The minimum Gasteiger partial charge on any atom is -0.258 e. The smallest absolute Gasteiger partial charge is 0.258 e. The predicted octanol–water partition coefficient (Wildman–Crippen LogP) is 7.79. The molecule has 0 unspecified atom stereocenters. The second-order valence-corrected chi connectivity index (χ2v) is 6.66. The Kier molecular flexibility index (Phi) is 7.17. The monoisotopic (exact) mass is 573 g/mol. The molecule has 1 nitrogen and oxygen atoms in total. The van der Waals surface area contributed by atoms with Gasteiger partial charge in [0.2, 0.25) is 0 Å². The maximum atomic E-state index is 14.4. The molecule has 0 aliphatic carbocycles. The zero-order chi connectivity index (χ0) is 29.2. The molecule has 0 heterocycles. The summed E-state index contributed by atoms with van der Waals surface area (Å²) in [6.07, 6.45) is -20.9. The van der Waals surface area contributed by atoms with Crippen LogP contribution in [-0.4, -0.2) is 18.2 Å². The molecule has 0 radical (unpaired) electrons. The molecule has 0 saturated heterocycles. The fourth-order valence-electron chi connectivity index (χ4n) is 2.95. The normalized spacial score (nSPS) is 13.1. The summed E-state index contributed by atoms with van der Waals surface area (Å²) >= 11 is 0. The Hall–Kier alpha value is -3.37. The zero-order valence-electron chi connectivity index (χ0n) is 16.3. The first-order valence-electron chi connectivity index (χ1n) is 8.40. The van der Waals surface area contributed by atoms with E-state index in [0.29, 0.717) is 5.87 Å². The maximum Gasteiger partial charge on any atom is 0.436 e. The highest BCUT2D eigenvalue weighted by Gasteiger charge is 2.76. The van der Waals surface area contributed by atoms with Gasteiger partial charge in [-0.05, 0) is 5.87 Å². The SMILES string of the molecule is N=C=C(c1c(F)c(F)c(C(F)(F)F)c(F)c1F)c1c(F)c(F)c(C(F)(C(F)(F)F)C(F)(F)F)c(F)c1F. The van der Waals surface area contributed by atoms with Crippen LogP contribution in [-0.2, 0) is 11.8 Å². The summed E-state index contributed by atoms with van der Waals surface area (Å²) in [7, 11) is 0. The van der Waals surface area contributed by atoms with E-state index < -0.39 is 98.6 Å². The predicted molar refractivity (Wildman–Crippen MR) is 82.7 cm³/mol. The van der Waals surface area contributed by atoms with Gasteiger partial charge in [-0.3, -0.25) is 5.41 Å². The number of nitrogens with one attached hydrogen (secondary N) is 1. The highest BCUT2D eigenvalue weighted by molar-refractivity contribution is 5.98. The number of alkyl halides is 10. The van der Waals surface area contributed by atoms with E-state index in [2.05, 4.69) is 0 Å². The molecular weight excluding hydrogens is 572 g/mol. The first-order valence-corrected chi connectivity index (χ1v) is 8.40. The van der Waals surface area contributed by atoms with Gasteiger partial charge in [0.25, 0.3) is 0 Å². The third-order valence-corrected chi connectivity index (χ3v) is 4.56. The van der Waals surface area contributed by atoms with Crippen molar-refractivity contribution < 1.29 is 79.0 Å². The van der Waals surface area contributed by atoms with Gasteiger partial charge in [0.1, 0.15) is 5.56 Å². The van der Waals surface area contributed by atoms with Crippen molar-refractivity contribution in [1.29, 1.82) is 5.41 Å². The third-order valence-electron chi connectivity index (χ3n) is 4.56. The highest BCUT2D eigenvalue weighted by atomic mass is 19.4. The average molecular weight is 573 g/mol. The molecule has 0 bridgehead atoms. The number of halogens is 18. The minimum absolute atomic E-state index is 0.504. The van der Waals surface area contributed by atoms with Gasteiger partial charge in [-0.1, -0.05) is 0 Å². The molecule has 2 aromatic rings. The molecule has 0 atom stereocenters.